The van der Waals surface area contributed by atoms with Crippen LogP contribution in [0.3, 0.4) is 0 Å². The number of nitrogens with zero attached hydrogens (tertiary/aromatic N) is 1. The molecule has 3 nitrogen and oxygen atoms in total. The second-order valence-electron chi connectivity index (χ2n) is 4.99. The summed E-state index contributed by atoms with van der Waals surface area (Å²) in [7, 11) is 0. The SMILES string of the molecule is CC1CCCCC1(CN)Nc1ccc(F)cn1. The van der Waals surface area contributed by atoms with E-state index in [-0.39, 0.29) is 11.4 Å². The van der Waals surface area contributed by atoms with Gasteiger partial charge in [0.15, 0.2) is 0 Å². The summed E-state index contributed by atoms with van der Waals surface area (Å²) in [4.78, 5) is 4.06. The highest BCUT2D eigenvalue weighted by molar-refractivity contribution is 5.38. The Balaban J connectivity index is 2.15. The number of halogens is 1. The maximum Gasteiger partial charge on any atom is 0.141 e. The molecule has 1 aromatic heterocycles. The molecule has 1 saturated carbocycles. The van der Waals surface area contributed by atoms with E-state index in [9.17, 15) is 4.39 Å². The third kappa shape index (κ3) is 2.57. The smallest absolute Gasteiger partial charge is 0.141 e. The molecule has 0 spiro atoms. The first kappa shape index (κ1) is 12.3. The lowest BCUT2D eigenvalue weighted by molar-refractivity contribution is 0.235. The number of nitrogens with two attached hydrogens (primary N) is 1. The highest BCUT2D eigenvalue weighted by atomic mass is 19.1. The number of pyridine rings is 1. The highest BCUT2D eigenvalue weighted by Crippen LogP contribution is 2.35. The van der Waals surface area contributed by atoms with Crippen LogP contribution in [0.4, 0.5) is 10.2 Å². The maximum absolute atomic E-state index is 12.8. The van der Waals surface area contributed by atoms with Gasteiger partial charge in [0.2, 0.25) is 0 Å². The van der Waals surface area contributed by atoms with Crippen molar-refractivity contribution in [1.82, 2.24) is 4.98 Å². The Kier molecular flexibility index (Phi) is 3.62. The minimum atomic E-state index is -0.311. The average Bonchev–Trinajstić information content (AvgIpc) is 2.35. The molecule has 0 aliphatic heterocycles. The third-order valence-electron chi connectivity index (χ3n) is 3.92. The zero-order chi connectivity index (χ0) is 12.3. The monoisotopic (exact) mass is 237 g/mol. The summed E-state index contributed by atoms with van der Waals surface area (Å²) in [6, 6.07) is 3.10. The number of anilines is 1. The van der Waals surface area contributed by atoms with Crippen molar-refractivity contribution in [3.05, 3.63) is 24.1 Å². The summed E-state index contributed by atoms with van der Waals surface area (Å²) in [5, 5.41) is 3.42. The van der Waals surface area contributed by atoms with Crippen LogP contribution < -0.4 is 11.1 Å². The lowest BCUT2D eigenvalue weighted by atomic mass is 9.73. The Hall–Kier alpha value is -1.16. The molecule has 4 heteroatoms. The second kappa shape index (κ2) is 5.00. The van der Waals surface area contributed by atoms with E-state index in [0.717, 1.165) is 6.42 Å². The standard InChI is InChI=1S/C13H20FN3/c1-10-4-2-3-7-13(10,9-15)17-12-6-5-11(14)8-16-12/h5-6,8,10H,2-4,7,9,15H2,1H3,(H,16,17). The molecule has 2 atom stereocenters. The molecule has 1 heterocycles. The summed E-state index contributed by atoms with van der Waals surface area (Å²) in [5.74, 6) is 0.924. The lowest BCUT2D eigenvalue weighted by Crippen LogP contribution is -2.52. The van der Waals surface area contributed by atoms with Crippen molar-refractivity contribution in [1.29, 1.82) is 0 Å². The van der Waals surface area contributed by atoms with Gasteiger partial charge in [-0.3, -0.25) is 0 Å². The van der Waals surface area contributed by atoms with Gasteiger partial charge in [-0.15, -0.1) is 0 Å². The van der Waals surface area contributed by atoms with Gasteiger partial charge in [-0.1, -0.05) is 19.8 Å². The molecular weight excluding hydrogens is 217 g/mol. The quantitative estimate of drug-likeness (QED) is 0.849. The largest absolute Gasteiger partial charge is 0.363 e. The first-order valence-corrected chi connectivity index (χ1v) is 6.26. The van der Waals surface area contributed by atoms with Crippen LogP contribution in [-0.4, -0.2) is 17.1 Å². The van der Waals surface area contributed by atoms with Gasteiger partial charge in [-0.05, 0) is 30.9 Å². The van der Waals surface area contributed by atoms with Crippen molar-refractivity contribution in [2.45, 2.75) is 38.1 Å². The minimum absolute atomic E-state index is 0.0803. The first-order valence-electron chi connectivity index (χ1n) is 6.26. The molecule has 1 aliphatic rings. The topological polar surface area (TPSA) is 50.9 Å². The Bertz CT molecular complexity index is 365. The summed E-state index contributed by atoms with van der Waals surface area (Å²) in [6.07, 6.45) is 5.94. The molecule has 1 fully saturated rings. The van der Waals surface area contributed by atoms with Crippen molar-refractivity contribution >= 4 is 5.82 Å². The van der Waals surface area contributed by atoms with Gasteiger partial charge in [-0.25, -0.2) is 9.37 Å². The van der Waals surface area contributed by atoms with Gasteiger partial charge in [0.05, 0.1) is 11.7 Å². The van der Waals surface area contributed by atoms with Gasteiger partial charge in [0.1, 0.15) is 11.6 Å². The first-order chi connectivity index (χ1) is 8.16. The van der Waals surface area contributed by atoms with Crippen LogP contribution in [0.1, 0.15) is 32.6 Å². The van der Waals surface area contributed by atoms with E-state index in [1.807, 2.05) is 0 Å². The lowest BCUT2D eigenvalue weighted by Gasteiger charge is -2.43. The molecule has 0 radical (unpaired) electrons. The molecule has 3 N–H and O–H groups in total. The second-order valence-corrected chi connectivity index (χ2v) is 4.99. The van der Waals surface area contributed by atoms with E-state index in [4.69, 9.17) is 5.73 Å². The van der Waals surface area contributed by atoms with Gasteiger partial charge >= 0.3 is 0 Å². The average molecular weight is 237 g/mol. The molecule has 0 aromatic carbocycles. The molecule has 1 aromatic rings. The maximum atomic E-state index is 12.8. The summed E-state index contributed by atoms with van der Waals surface area (Å²) in [5.41, 5.74) is 5.86. The van der Waals surface area contributed by atoms with Crippen LogP contribution >= 0.6 is 0 Å². The summed E-state index contributed by atoms with van der Waals surface area (Å²) in [6.45, 7) is 2.82. The molecule has 0 saturated heterocycles. The molecule has 17 heavy (non-hydrogen) atoms. The van der Waals surface area contributed by atoms with Crippen molar-refractivity contribution in [2.24, 2.45) is 11.7 Å². The fraction of sp³-hybridized carbons (Fsp3) is 0.615. The van der Waals surface area contributed by atoms with E-state index in [1.165, 1.54) is 31.5 Å². The van der Waals surface area contributed by atoms with E-state index >= 15 is 0 Å². The van der Waals surface area contributed by atoms with Crippen molar-refractivity contribution in [3.8, 4) is 0 Å². The van der Waals surface area contributed by atoms with Crippen molar-refractivity contribution < 1.29 is 4.39 Å². The van der Waals surface area contributed by atoms with Crippen LogP contribution in [0.25, 0.3) is 0 Å². The van der Waals surface area contributed by atoms with Gasteiger partial charge in [0.25, 0.3) is 0 Å². The van der Waals surface area contributed by atoms with Crippen LogP contribution in [-0.2, 0) is 0 Å². The number of hydrogen-bond donors (Lipinski definition) is 2. The Morgan fingerprint density at radius 3 is 2.94 bits per heavy atom. The van der Waals surface area contributed by atoms with Gasteiger partial charge < -0.3 is 11.1 Å². The number of aromatic nitrogens is 1. The molecule has 94 valence electrons. The normalized spacial score (nSPS) is 29.0. The molecule has 0 amide bonds. The minimum Gasteiger partial charge on any atom is -0.363 e. The number of nitrogens with one attached hydrogen (secondary N) is 1. The molecule has 0 bridgehead atoms. The molecule has 2 unspecified atom stereocenters. The van der Waals surface area contributed by atoms with Crippen molar-refractivity contribution in [2.75, 3.05) is 11.9 Å². The van der Waals surface area contributed by atoms with Crippen molar-refractivity contribution in [3.63, 3.8) is 0 Å². The van der Waals surface area contributed by atoms with Crippen LogP contribution in [0.15, 0.2) is 18.3 Å². The number of hydrogen-bond acceptors (Lipinski definition) is 3. The van der Waals surface area contributed by atoms with E-state index in [0.29, 0.717) is 18.3 Å². The summed E-state index contributed by atoms with van der Waals surface area (Å²) >= 11 is 0. The highest BCUT2D eigenvalue weighted by Gasteiger charge is 2.37. The Labute approximate surface area is 102 Å². The van der Waals surface area contributed by atoms with Crippen LogP contribution in [0.5, 0.6) is 0 Å². The Morgan fingerprint density at radius 1 is 1.53 bits per heavy atom. The predicted octanol–water partition coefficient (Wildman–Crippen LogP) is 2.54. The van der Waals surface area contributed by atoms with E-state index in [2.05, 4.69) is 17.2 Å². The van der Waals surface area contributed by atoms with Gasteiger partial charge in [0, 0.05) is 6.54 Å². The van der Waals surface area contributed by atoms with E-state index in [1.54, 1.807) is 6.07 Å². The van der Waals surface area contributed by atoms with E-state index < -0.39 is 0 Å². The van der Waals surface area contributed by atoms with Crippen LogP contribution in [0, 0.1) is 11.7 Å². The predicted molar refractivity (Wildman–Crippen MR) is 67.2 cm³/mol. The zero-order valence-corrected chi connectivity index (χ0v) is 10.2. The fourth-order valence-corrected chi connectivity index (χ4v) is 2.66. The number of rotatable bonds is 3. The molecule has 2 rings (SSSR count). The van der Waals surface area contributed by atoms with Crippen LogP contribution in [0.2, 0.25) is 0 Å². The van der Waals surface area contributed by atoms with Gasteiger partial charge in [-0.2, -0.15) is 0 Å². The molecular formula is C13H20FN3. The third-order valence-corrected chi connectivity index (χ3v) is 3.92. The fourth-order valence-electron chi connectivity index (χ4n) is 2.66. The Morgan fingerprint density at radius 2 is 2.35 bits per heavy atom. The zero-order valence-electron chi connectivity index (χ0n) is 10.2. The molecule has 1 aliphatic carbocycles. The summed E-state index contributed by atoms with van der Waals surface area (Å²) < 4.78 is 12.8.